The molecule has 2 aliphatic heterocycles. The number of hydrogen-bond donors (Lipinski definition) is 0. The Morgan fingerprint density at radius 2 is 1.69 bits per heavy atom. The van der Waals surface area contributed by atoms with E-state index >= 15 is 0 Å². The highest BCUT2D eigenvalue weighted by Gasteiger charge is 2.33. The molecule has 3 aliphatic rings. The average Bonchev–Trinajstić information content (AvgIpc) is 3.45. The van der Waals surface area contributed by atoms with E-state index in [4.69, 9.17) is 4.98 Å². The van der Waals surface area contributed by atoms with Crippen molar-refractivity contribution < 1.29 is 9.59 Å². The molecule has 0 bridgehead atoms. The number of nitrogens with zero attached hydrogens (tertiary/aromatic N) is 3. The molecular weight excluding hydrogens is 466 g/mol. The zero-order valence-corrected chi connectivity index (χ0v) is 21.6. The number of thiophene rings is 1. The molecule has 2 aromatic heterocycles. The number of hydrogen-bond acceptors (Lipinski definition) is 4. The summed E-state index contributed by atoms with van der Waals surface area (Å²) in [6, 6.07) is 12.3. The van der Waals surface area contributed by atoms with Crippen LogP contribution in [-0.2, 0) is 11.2 Å². The Balaban J connectivity index is 1.29. The van der Waals surface area contributed by atoms with Crippen molar-refractivity contribution in [3.63, 3.8) is 0 Å². The first kappa shape index (κ1) is 23.4. The molecule has 0 saturated carbocycles. The van der Waals surface area contributed by atoms with Crippen LogP contribution < -0.4 is 0 Å². The maximum atomic E-state index is 14.1. The second kappa shape index (κ2) is 10.2. The van der Waals surface area contributed by atoms with E-state index in [1.54, 1.807) is 11.3 Å². The molecule has 2 amide bonds. The summed E-state index contributed by atoms with van der Waals surface area (Å²) in [5, 5.41) is 3.04. The van der Waals surface area contributed by atoms with E-state index < -0.39 is 0 Å². The molecule has 0 atom stereocenters. The SMILES string of the molecule is O=C(c1c2c(nc3ccccc13)/C(=C/c1cccs1)CCC2)N1CCC(C(=O)N2CCCCC2)CC1. The maximum Gasteiger partial charge on any atom is 0.254 e. The molecule has 186 valence electrons. The van der Waals surface area contributed by atoms with Crippen LogP contribution in [0, 0.1) is 5.92 Å². The minimum Gasteiger partial charge on any atom is -0.342 e. The predicted molar refractivity (Wildman–Crippen MR) is 146 cm³/mol. The maximum absolute atomic E-state index is 14.1. The van der Waals surface area contributed by atoms with Crippen molar-refractivity contribution in [2.45, 2.75) is 51.4 Å². The number of carbonyl (C=O) groups is 2. The Kier molecular flexibility index (Phi) is 6.61. The Bertz CT molecular complexity index is 1300. The number of amides is 2. The third-order valence-electron chi connectivity index (χ3n) is 8.04. The van der Waals surface area contributed by atoms with Gasteiger partial charge in [-0.3, -0.25) is 9.59 Å². The Labute approximate surface area is 216 Å². The number of allylic oxidation sites excluding steroid dienone is 1. The molecule has 0 spiro atoms. The normalized spacial score (nSPS) is 20.1. The van der Waals surface area contributed by atoms with Crippen molar-refractivity contribution in [3.8, 4) is 0 Å². The lowest BCUT2D eigenvalue weighted by Gasteiger charge is -2.36. The third-order valence-corrected chi connectivity index (χ3v) is 8.86. The van der Waals surface area contributed by atoms with Gasteiger partial charge in [0.05, 0.1) is 16.8 Å². The van der Waals surface area contributed by atoms with Gasteiger partial charge >= 0.3 is 0 Å². The lowest BCUT2D eigenvalue weighted by atomic mass is 9.85. The zero-order chi connectivity index (χ0) is 24.5. The summed E-state index contributed by atoms with van der Waals surface area (Å²) in [4.78, 5) is 37.4. The third kappa shape index (κ3) is 4.47. The van der Waals surface area contributed by atoms with Crippen molar-refractivity contribution >= 4 is 45.7 Å². The van der Waals surface area contributed by atoms with E-state index in [0.29, 0.717) is 19.0 Å². The number of benzene rings is 1. The second-order valence-corrected chi connectivity index (χ2v) is 11.3. The molecule has 1 aliphatic carbocycles. The molecule has 2 saturated heterocycles. The van der Waals surface area contributed by atoms with Crippen LogP contribution in [0.1, 0.15) is 71.4 Å². The number of likely N-dealkylation sites (tertiary alicyclic amines) is 2. The van der Waals surface area contributed by atoms with E-state index in [9.17, 15) is 9.59 Å². The first-order valence-electron chi connectivity index (χ1n) is 13.4. The van der Waals surface area contributed by atoms with Gasteiger partial charge in [-0.1, -0.05) is 24.3 Å². The van der Waals surface area contributed by atoms with Gasteiger partial charge in [-0.2, -0.15) is 0 Å². The lowest BCUT2D eigenvalue weighted by Crippen LogP contribution is -2.46. The number of aromatic nitrogens is 1. The van der Waals surface area contributed by atoms with Gasteiger partial charge in [-0.25, -0.2) is 4.98 Å². The van der Waals surface area contributed by atoms with Crippen molar-refractivity contribution in [2.24, 2.45) is 5.92 Å². The first-order chi connectivity index (χ1) is 17.7. The number of pyridine rings is 1. The van der Waals surface area contributed by atoms with Gasteiger partial charge in [0.15, 0.2) is 0 Å². The summed E-state index contributed by atoms with van der Waals surface area (Å²) < 4.78 is 0. The molecule has 3 aromatic rings. The van der Waals surface area contributed by atoms with Gasteiger partial charge in [-0.15, -0.1) is 11.3 Å². The minimum absolute atomic E-state index is 0.0515. The highest BCUT2D eigenvalue weighted by molar-refractivity contribution is 7.10. The monoisotopic (exact) mass is 499 g/mol. The number of piperidine rings is 2. The van der Waals surface area contributed by atoms with E-state index in [-0.39, 0.29) is 11.8 Å². The smallest absolute Gasteiger partial charge is 0.254 e. The van der Waals surface area contributed by atoms with E-state index in [1.807, 2.05) is 29.2 Å². The highest BCUT2D eigenvalue weighted by Crippen LogP contribution is 2.37. The summed E-state index contributed by atoms with van der Waals surface area (Å²) in [5.74, 6) is 0.457. The summed E-state index contributed by atoms with van der Waals surface area (Å²) in [5.41, 5.74) is 5.03. The van der Waals surface area contributed by atoms with Gasteiger partial charge in [0.2, 0.25) is 5.91 Å². The number of rotatable bonds is 3. The fourth-order valence-corrected chi connectivity index (χ4v) is 6.81. The van der Waals surface area contributed by atoms with Crippen LogP contribution in [0.4, 0.5) is 0 Å². The van der Waals surface area contributed by atoms with Gasteiger partial charge in [-0.05, 0) is 86.1 Å². The number of carbonyl (C=O) groups excluding carboxylic acids is 2. The molecule has 5 nitrogen and oxygen atoms in total. The van der Waals surface area contributed by atoms with Crippen LogP contribution in [0.25, 0.3) is 22.6 Å². The molecule has 0 radical (unpaired) electrons. The highest BCUT2D eigenvalue weighted by atomic mass is 32.1. The standard InChI is InChI=1S/C30H33N3O2S/c34-29(32-15-4-1-5-16-32)21-13-17-33(18-14-21)30(35)27-24-10-2-3-12-26(24)31-28-22(8-6-11-25(27)28)20-23-9-7-19-36-23/h2-3,7,9-10,12,19-21H,1,4-6,8,11,13-18H2/b22-20+. The Morgan fingerprint density at radius 3 is 2.47 bits per heavy atom. The van der Waals surface area contributed by atoms with Crippen LogP contribution in [-0.4, -0.2) is 52.8 Å². The topological polar surface area (TPSA) is 53.5 Å². The van der Waals surface area contributed by atoms with E-state index in [0.717, 1.165) is 85.8 Å². The zero-order valence-electron chi connectivity index (χ0n) is 20.7. The molecule has 2 fully saturated rings. The Morgan fingerprint density at radius 1 is 0.889 bits per heavy atom. The average molecular weight is 500 g/mol. The molecule has 6 rings (SSSR count). The van der Waals surface area contributed by atoms with Crippen LogP contribution >= 0.6 is 11.3 Å². The quantitative estimate of drug-likeness (QED) is 0.442. The molecular formula is C30H33N3O2S. The summed E-state index contributed by atoms with van der Waals surface area (Å²) in [7, 11) is 0. The van der Waals surface area contributed by atoms with Gasteiger partial charge in [0, 0.05) is 42.4 Å². The van der Waals surface area contributed by atoms with Gasteiger partial charge in [0.25, 0.3) is 5.91 Å². The lowest BCUT2D eigenvalue weighted by molar-refractivity contribution is -0.137. The molecule has 36 heavy (non-hydrogen) atoms. The molecule has 0 N–H and O–H groups in total. The summed E-state index contributed by atoms with van der Waals surface area (Å²) >= 11 is 1.73. The molecule has 4 heterocycles. The Hall–Kier alpha value is -2.99. The molecule has 1 aromatic carbocycles. The number of fused-ring (bicyclic) bond motifs is 2. The van der Waals surface area contributed by atoms with Crippen LogP contribution in [0.15, 0.2) is 41.8 Å². The first-order valence-corrected chi connectivity index (χ1v) is 14.3. The fourth-order valence-electron chi connectivity index (χ4n) is 6.12. The van der Waals surface area contributed by atoms with Crippen LogP contribution in [0.2, 0.25) is 0 Å². The van der Waals surface area contributed by atoms with Crippen molar-refractivity contribution in [2.75, 3.05) is 26.2 Å². The summed E-state index contributed by atoms with van der Waals surface area (Å²) in [6.45, 7) is 3.08. The van der Waals surface area contributed by atoms with Crippen molar-refractivity contribution in [1.82, 2.24) is 14.8 Å². The predicted octanol–water partition coefficient (Wildman–Crippen LogP) is 6.04. The number of para-hydroxylation sites is 1. The van der Waals surface area contributed by atoms with Crippen molar-refractivity contribution in [1.29, 1.82) is 0 Å². The minimum atomic E-state index is 0.0515. The second-order valence-electron chi connectivity index (χ2n) is 10.3. The van der Waals surface area contributed by atoms with Crippen molar-refractivity contribution in [3.05, 3.63) is 63.5 Å². The summed E-state index contributed by atoms with van der Waals surface area (Å²) in [6.07, 6.45) is 10.1. The molecule has 0 unspecified atom stereocenters. The van der Waals surface area contributed by atoms with Gasteiger partial charge in [0.1, 0.15) is 0 Å². The molecule has 6 heteroatoms. The van der Waals surface area contributed by atoms with Gasteiger partial charge < -0.3 is 9.80 Å². The van der Waals surface area contributed by atoms with E-state index in [2.05, 4.69) is 28.5 Å². The van der Waals surface area contributed by atoms with Crippen LogP contribution in [0.5, 0.6) is 0 Å². The largest absolute Gasteiger partial charge is 0.342 e. The van der Waals surface area contributed by atoms with E-state index in [1.165, 1.54) is 16.9 Å². The van der Waals surface area contributed by atoms with Crippen LogP contribution in [0.3, 0.4) is 0 Å². The fraction of sp³-hybridized carbons (Fsp3) is 0.433.